The van der Waals surface area contributed by atoms with E-state index in [1.165, 1.54) is 12.1 Å². The van der Waals surface area contributed by atoms with Gasteiger partial charge in [0.1, 0.15) is 5.82 Å². The Morgan fingerprint density at radius 2 is 1.73 bits per heavy atom. The number of nitrogens with one attached hydrogen (secondary N) is 1. The molecule has 2 rings (SSSR count). The van der Waals surface area contributed by atoms with Crippen molar-refractivity contribution >= 4 is 29.2 Å². The molecule has 0 saturated carbocycles. The van der Waals surface area contributed by atoms with E-state index in [2.05, 4.69) is 5.32 Å². The molecule has 138 valence electrons. The van der Waals surface area contributed by atoms with Crippen LogP contribution in [0, 0.1) is 5.82 Å². The Balaban J connectivity index is 2.13. The fourth-order valence-corrected chi connectivity index (χ4v) is 2.45. The minimum absolute atomic E-state index is 0.0760. The summed E-state index contributed by atoms with van der Waals surface area (Å²) < 4.78 is 50.7. The molecule has 2 aromatic rings. The van der Waals surface area contributed by atoms with Crippen molar-refractivity contribution in [2.45, 2.75) is 18.5 Å². The first-order valence-corrected chi connectivity index (χ1v) is 7.60. The second kappa shape index (κ2) is 7.74. The van der Waals surface area contributed by atoms with Crippen molar-refractivity contribution in [3.05, 3.63) is 64.4 Å². The summed E-state index contributed by atoms with van der Waals surface area (Å²) in [6, 6.07) is 7.00. The monoisotopic (exact) mass is 389 g/mol. The molecule has 26 heavy (non-hydrogen) atoms. The summed E-state index contributed by atoms with van der Waals surface area (Å²) in [7, 11) is 0. The van der Waals surface area contributed by atoms with Crippen molar-refractivity contribution in [3.8, 4) is 0 Å². The molecular weight excluding hydrogens is 378 g/mol. The minimum Gasteiger partial charge on any atom is -0.481 e. The molecular formula is C17H12ClF4NO3. The number of carboxylic acids is 1. The maximum Gasteiger partial charge on any atom is 0.416 e. The quantitative estimate of drug-likeness (QED) is 0.729. The van der Waals surface area contributed by atoms with E-state index in [1.54, 1.807) is 0 Å². The average molecular weight is 390 g/mol. The Kier molecular flexibility index (Phi) is 5.86. The molecule has 2 aromatic carbocycles. The lowest BCUT2D eigenvalue weighted by Gasteiger charge is -2.14. The van der Waals surface area contributed by atoms with Gasteiger partial charge in [-0.15, -0.1) is 0 Å². The highest BCUT2D eigenvalue weighted by molar-refractivity contribution is 6.33. The molecule has 1 atom stereocenters. The van der Waals surface area contributed by atoms with Crippen molar-refractivity contribution in [3.63, 3.8) is 0 Å². The second-order valence-corrected chi connectivity index (χ2v) is 5.79. The van der Waals surface area contributed by atoms with Crippen LogP contribution in [0.2, 0.25) is 5.02 Å². The van der Waals surface area contributed by atoms with Gasteiger partial charge >= 0.3 is 12.1 Å². The molecule has 0 fully saturated rings. The van der Waals surface area contributed by atoms with Crippen molar-refractivity contribution in [2.75, 3.05) is 5.32 Å². The summed E-state index contributed by atoms with van der Waals surface area (Å²) in [6.07, 6.45) is -5.08. The van der Waals surface area contributed by atoms with Gasteiger partial charge in [-0.05, 0) is 35.9 Å². The SMILES string of the molecule is O=C(C[C@H](C(=O)O)c1ccc(F)cc1)Nc1ccc(C(F)(F)F)cc1Cl. The number of benzene rings is 2. The van der Waals surface area contributed by atoms with E-state index in [0.29, 0.717) is 6.07 Å². The van der Waals surface area contributed by atoms with Gasteiger partial charge < -0.3 is 10.4 Å². The number of hydrogen-bond acceptors (Lipinski definition) is 2. The molecule has 0 aliphatic carbocycles. The van der Waals surface area contributed by atoms with Crippen molar-refractivity contribution in [2.24, 2.45) is 0 Å². The molecule has 0 unspecified atom stereocenters. The van der Waals surface area contributed by atoms with Crippen LogP contribution in [0.25, 0.3) is 0 Å². The van der Waals surface area contributed by atoms with E-state index < -0.39 is 41.8 Å². The lowest BCUT2D eigenvalue weighted by Crippen LogP contribution is -2.21. The highest BCUT2D eigenvalue weighted by Gasteiger charge is 2.31. The third kappa shape index (κ3) is 4.95. The lowest BCUT2D eigenvalue weighted by molar-refractivity contribution is -0.140. The van der Waals surface area contributed by atoms with Gasteiger partial charge in [0.2, 0.25) is 5.91 Å². The van der Waals surface area contributed by atoms with Gasteiger partial charge in [0.25, 0.3) is 0 Å². The maximum atomic E-state index is 12.9. The number of hydrogen-bond donors (Lipinski definition) is 2. The van der Waals surface area contributed by atoms with Gasteiger partial charge in [-0.25, -0.2) is 4.39 Å². The van der Waals surface area contributed by atoms with Crippen LogP contribution < -0.4 is 5.32 Å². The molecule has 0 heterocycles. The number of aliphatic carboxylic acids is 1. The van der Waals surface area contributed by atoms with Crippen LogP contribution in [-0.2, 0) is 15.8 Å². The fraction of sp³-hybridized carbons (Fsp3) is 0.176. The molecule has 0 spiro atoms. The molecule has 0 aromatic heterocycles. The molecule has 0 aliphatic rings. The van der Waals surface area contributed by atoms with Crippen LogP contribution in [0.3, 0.4) is 0 Å². The Morgan fingerprint density at radius 3 is 2.23 bits per heavy atom. The predicted octanol–water partition coefficient (Wildman–Crippen LogP) is 4.69. The zero-order valence-electron chi connectivity index (χ0n) is 13.0. The van der Waals surface area contributed by atoms with Gasteiger partial charge in [-0.3, -0.25) is 9.59 Å². The van der Waals surface area contributed by atoms with Gasteiger partial charge in [-0.2, -0.15) is 13.2 Å². The topological polar surface area (TPSA) is 66.4 Å². The third-order valence-corrected chi connectivity index (χ3v) is 3.84. The molecule has 0 aliphatic heterocycles. The van der Waals surface area contributed by atoms with E-state index in [-0.39, 0.29) is 16.3 Å². The second-order valence-electron chi connectivity index (χ2n) is 5.39. The van der Waals surface area contributed by atoms with Crippen LogP contribution in [-0.4, -0.2) is 17.0 Å². The van der Waals surface area contributed by atoms with Crippen LogP contribution in [0.4, 0.5) is 23.2 Å². The lowest BCUT2D eigenvalue weighted by atomic mass is 9.95. The van der Waals surface area contributed by atoms with E-state index in [1.807, 2.05) is 0 Å². The summed E-state index contributed by atoms with van der Waals surface area (Å²) in [5.41, 5.74) is -0.837. The molecule has 0 bridgehead atoms. The van der Waals surface area contributed by atoms with Crippen LogP contribution >= 0.6 is 11.6 Å². The number of amides is 1. The number of carbonyl (C=O) groups is 2. The first-order valence-electron chi connectivity index (χ1n) is 7.23. The van der Waals surface area contributed by atoms with E-state index in [9.17, 15) is 32.3 Å². The number of carboxylic acid groups (broad SMARTS) is 1. The molecule has 0 radical (unpaired) electrons. The van der Waals surface area contributed by atoms with Gasteiger partial charge in [0.15, 0.2) is 0 Å². The van der Waals surface area contributed by atoms with Crippen molar-refractivity contribution in [1.29, 1.82) is 0 Å². The third-order valence-electron chi connectivity index (χ3n) is 3.53. The number of halogens is 5. The first-order chi connectivity index (χ1) is 12.1. The Hall–Kier alpha value is -2.61. The fourth-order valence-electron chi connectivity index (χ4n) is 2.22. The summed E-state index contributed by atoms with van der Waals surface area (Å²) in [5.74, 6) is -3.86. The highest BCUT2D eigenvalue weighted by Crippen LogP contribution is 2.34. The largest absolute Gasteiger partial charge is 0.481 e. The van der Waals surface area contributed by atoms with Gasteiger partial charge in [0, 0.05) is 6.42 Å². The molecule has 1 amide bonds. The highest BCUT2D eigenvalue weighted by atomic mass is 35.5. The molecule has 9 heteroatoms. The molecule has 0 saturated heterocycles. The number of anilines is 1. The average Bonchev–Trinajstić information content (AvgIpc) is 2.54. The Bertz CT molecular complexity index is 822. The molecule has 4 nitrogen and oxygen atoms in total. The predicted molar refractivity (Wildman–Crippen MR) is 86.5 cm³/mol. The Morgan fingerprint density at radius 1 is 1.12 bits per heavy atom. The number of alkyl halides is 3. The summed E-state index contributed by atoms with van der Waals surface area (Å²) in [4.78, 5) is 23.4. The summed E-state index contributed by atoms with van der Waals surface area (Å²) in [5, 5.41) is 11.2. The van der Waals surface area contributed by atoms with Crippen molar-refractivity contribution < 1.29 is 32.3 Å². The zero-order chi connectivity index (χ0) is 19.5. The van der Waals surface area contributed by atoms with Crippen molar-refractivity contribution in [1.82, 2.24) is 0 Å². The van der Waals surface area contributed by atoms with E-state index >= 15 is 0 Å². The Labute approximate surface area is 150 Å². The van der Waals surface area contributed by atoms with Crippen LogP contribution in [0.1, 0.15) is 23.5 Å². The van der Waals surface area contributed by atoms with E-state index in [0.717, 1.165) is 24.3 Å². The zero-order valence-corrected chi connectivity index (χ0v) is 13.7. The summed E-state index contributed by atoms with van der Waals surface area (Å²) in [6.45, 7) is 0. The number of rotatable bonds is 5. The van der Waals surface area contributed by atoms with Gasteiger partial charge in [0.05, 0.1) is 22.2 Å². The first kappa shape index (κ1) is 19.7. The molecule has 2 N–H and O–H groups in total. The van der Waals surface area contributed by atoms with Gasteiger partial charge in [-0.1, -0.05) is 23.7 Å². The van der Waals surface area contributed by atoms with Crippen LogP contribution in [0.15, 0.2) is 42.5 Å². The maximum absolute atomic E-state index is 12.9. The number of carbonyl (C=O) groups excluding carboxylic acids is 1. The summed E-state index contributed by atoms with van der Waals surface area (Å²) >= 11 is 5.74. The standard InChI is InChI=1S/C17H12ClF4NO3/c18-13-7-10(17(20,21)22)3-6-14(13)23-15(24)8-12(16(25)26)9-1-4-11(19)5-2-9/h1-7,12H,8H2,(H,23,24)(H,25,26)/t12-/m0/s1. The smallest absolute Gasteiger partial charge is 0.416 e. The van der Waals surface area contributed by atoms with Crippen LogP contribution in [0.5, 0.6) is 0 Å². The minimum atomic E-state index is -4.58. The van der Waals surface area contributed by atoms with E-state index in [4.69, 9.17) is 11.6 Å². The normalized spacial score (nSPS) is 12.5.